The Bertz CT molecular complexity index is 647. The summed E-state index contributed by atoms with van der Waals surface area (Å²) in [5.74, 6) is -0.262. The van der Waals surface area contributed by atoms with Gasteiger partial charge in [0.2, 0.25) is 5.60 Å². The summed E-state index contributed by atoms with van der Waals surface area (Å²) in [7, 11) is 0. The molecule has 2 aromatic rings. The van der Waals surface area contributed by atoms with E-state index in [1.807, 2.05) is 37.3 Å². The fourth-order valence-corrected chi connectivity index (χ4v) is 2.42. The summed E-state index contributed by atoms with van der Waals surface area (Å²) in [5.41, 5.74) is 0.613. The number of fused-ring (bicyclic) bond motifs is 1. The van der Waals surface area contributed by atoms with E-state index in [0.717, 1.165) is 23.0 Å². The fraction of sp³-hybridized carbons (Fsp3) is 0.333. The summed E-state index contributed by atoms with van der Waals surface area (Å²) >= 11 is 0. The molecule has 1 heterocycles. The molecule has 19 heavy (non-hydrogen) atoms. The third kappa shape index (κ3) is 1.93. The minimum Gasteiger partial charge on any atom is -0.478 e. The second kappa shape index (κ2) is 4.23. The summed E-state index contributed by atoms with van der Waals surface area (Å²) in [6.45, 7) is 1.88. The molecule has 0 radical (unpaired) electrons. The predicted molar refractivity (Wildman–Crippen MR) is 71.3 cm³/mol. The van der Waals surface area contributed by atoms with E-state index >= 15 is 0 Å². The Morgan fingerprint density at radius 2 is 2.11 bits per heavy atom. The van der Waals surface area contributed by atoms with Gasteiger partial charge >= 0.3 is 5.97 Å². The van der Waals surface area contributed by atoms with Crippen LogP contribution in [0.25, 0.3) is 10.9 Å². The van der Waals surface area contributed by atoms with Crippen molar-refractivity contribution in [3.63, 3.8) is 0 Å². The molecule has 1 fully saturated rings. The molecule has 1 aromatic heterocycles. The molecule has 1 aliphatic rings. The molecule has 1 saturated carbocycles. The molecule has 3 rings (SSSR count). The van der Waals surface area contributed by atoms with Crippen LogP contribution in [0.3, 0.4) is 0 Å². The first kappa shape index (κ1) is 12.0. The Balaban J connectivity index is 2.07. The first-order valence-electron chi connectivity index (χ1n) is 6.40. The lowest BCUT2D eigenvalue weighted by Gasteiger charge is -2.37. The maximum atomic E-state index is 11.4. The zero-order valence-electron chi connectivity index (χ0n) is 10.7. The van der Waals surface area contributed by atoms with Crippen molar-refractivity contribution in [1.29, 1.82) is 0 Å². The zero-order valence-corrected chi connectivity index (χ0v) is 10.7. The molecular weight excluding hydrogens is 242 g/mol. The largest absolute Gasteiger partial charge is 0.478 e. The maximum Gasteiger partial charge on any atom is 0.348 e. The number of carboxylic acids is 1. The molecular formula is C15H15NO3. The number of para-hydroxylation sites is 1. The number of hydrogen-bond acceptors (Lipinski definition) is 3. The van der Waals surface area contributed by atoms with Gasteiger partial charge in [0.05, 0.1) is 5.52 Å². The Morgan fingerprint density at radius 1 is 1.37 bits per heavy atom. The van der Waals surface area contributed by atoms with E-state index in [2.05, 4.69) is 4.98 Å². The second-order valence-corrected chi connectivity index (χ2v) is 5.03. The van der Waals surface area contributed by atoms with Gasteiger partial charge in [0.25, 0.3) is 0 Å². The van der Waals surface area contributed by atoms with E-state index < -0.39 is 11.6 Å². The molecule has 98 valence electrons. The van der Waals surface area contributed by atoms with Crippen LogP contribution >= 0.6 is 0 Å². The lowest BCUT2D eigenvalue weighted by Crippen LogP contribution is -2.50. The van der Waals surface area contributed by atoms with Crippen LogP contribution < -0.4 is 4.74 Å². The standard InChI is InChI=1S/C15H15NO3/c1-10-9-13(11-5-2-3-6-12(11)16-10)19-15(14(17)18)7-4-8-15/h2-3,5-6,9H,4,7-8H2,1H3,(H,17,18). The lowest BCUT2D eigenvalue weighted by molar-refractivity contribution is -0.163. The van der Waals surface area contributed by atoms with Crippen LogP contribution in [0.4, 0.5) is 0 Å². The van der Waals surface area contributed by atoms with Gasteiger partial charge in [0.1, 0.15) is 5.75 Å². The van der Waals surface area contributed by atoms with Crippen molar-refractivity contribution in [2.45, 2.75) is 31.8 Å². The molecule has 1 aliphatic carbocycles. The normalized spacial score (nSPS) is 16.9. The fourth-order valence-electron chi connectivity index (χ4n) is 2.42. The molecule has 0 saturated heterocycles. The molecule has 4 heteroatoms. The van der Waals surface area contributed by atoms with Gasteiger partial charge in [0, 0.05) is 17.1 Å². The van der Waals surface area contributed by atoms with Crippen LogP contribution in [-0.4, -0.2) is 21.7 Å². The summed E-state index contributed by atoms with van der Waals surface area (Å²) in [6, 6.07) is 9.44. The van der Waals surface area contributed by atoms with Crippen LogP contribution in [0.15, 0.2) is 30.3 Å². The van der Waals surface area contributed by atoms with E-state index in [0.29, 0.717) is 18.6 Å². The number of hydrogen-bond donors (Lipinski definition) is 1. The van der Waals surface area contributed by atoms with E-state index in [1.54, 1.807) is 0 Å². The van der Waals surface area contributed by atoms with Gasteiger partial charge in [-0.1, -0.05) is 12.1 Å². The number of carbonyl (C=O) groups is 1. The highest BCUT2D eigenvalue weighted by atomic mass is 16.5. The molecule has 4 nitrogen and oxygen atoms in total. The van der Waals surface area contributed by atoms with Crippen molar-refractivity contribution in [1.82, 2.24) is 4.98 Å². The molecule has 1 aromatic carbocycles. The number of benzene rings is 1. The van der Waals surface area contributed by atoms with Crippen molar-refractivity contribution in [3.05, 3.63) is 36.0 Å². The SMILES string of the molecule is Cc1cc(OC2(C(=O)O)CCC2)c2ccccc2n1. The third-order valence-corrected chi connectivity index (χ3v) is 3.66. The molecule has 0 bridgehead atoms. The minimum atomic E-state index is -1.05. The quantitative estimate of drug-likeness (QED) is 0.918. The van der Waals surface area contributed by atoms with Gasteiger partial charge in [-0.05, 0) is 38.3 Å². The Kier molecular flexibility index (Phi) is 2.66. The van der Waals surface area contributed by atoms with Crippen molar-refractivity contribution in [2.75, 3.05) is 0 Å². The summed E-state index contributed by atoms with van der Waals surface area (Å²) in [6.07, 6.45) is 2.03. The van der Waals surface area contributed by atoms with Crippen LogP contribution in [0.2, 0.25) is 0 Å². The van der Waals surface area contributed by atoms with Crippen LogP contribution in [-0.2, 0) is 4.79 Å². The van der Waals surface area contributed by atoms with Crippen molar-refractivity contribution in [3.8, 4) is 5.75 Å². The molecule has 0 spiro atoms. The number of nitrogens with zero attached hydrogens (tertiary/aromatic N) is 1. The van der Waals surface area contributed by atoms with Crippen LogP contribution in [0, 0.1) is 6.92 Å². The van der Waals surface area contributed by atoms with Crippen LogP contribution in [0.5, 0.6) is 5.75 Å². The van der Waals surface area contributed by atoms with Gasteiger partial charge in [0.15, 0.2) is 0 Å². The average Bonchev–Trinajstić information content (AvgIpc) is 2.32. The smallest absolute Gasteiger partial charge is 0.348 e. The number of aryl methyl sites for hydroxylation is 1. The number of ether oxygens (including phenoxy) is 1. The molecule has 0 aliphatic heterocycles. The third-order valence-electron chi connectivity index (χ3n) is 3.66. The molecule has 0 unspecified atom stereocenters. The Morgan fingerprint density at radius 3 is 2.74 bits per heavy atom. The minimum absolute atomic E-state index is 0.567. The van der Waals surface area contributed by atoms with Crippen molar-refractivity contribution >= 4 is 16.9 Å². The highest BCUT2D eigenvalue weighted by Gasteiger charge is 2.47. The van der Waals surface area contributed by atoms with E-state index in [9.17, 15) is 9.90 Å². The van der Waals surface area contributed by atoms with Crippen molar-refractivity contribution < 1.29 is 14.6 Å². The predicted octanol–water partition coefficient (Wildman–Crippen LogP) is 2.93. The lowest BCUT2D eigenvalue weighted by atomic mass is 9.80. The van der Waals surface area contributed by atoms with Gasteiger partial charge in [-0.15, -0.1) is 0 Å². The monoisotopic (exact) mass is 257 g/mol. The molecule has 1 N–H and O–H groups in total. The van der Waals surface area contributed by atoms with Gasteiger partial charge in [-0.2, -0.15) is 0 Å². The summed E-state index contributed by atoms with van der Waals surface area (Å²) < 4.78 is 5.85. The van der Waals surface area contributed by atoms with E-state index in [1.165, 1.54) is 0 Å². The molecule has 0 atom stereocenters. The number of rotatable bonds is 3. The summed E-state index contributed by atoms with van der Waals surface area (Å²) in [4.78, 5) is 15.8. The zero-order chi connectivity index (χ0) is 13.5. The topological polar surface area (TPSA) is 59.4 Å². The average molecular weight is 257 g/mol. The van der Waals surface area contributed by atoms with Gasteiger partial charge < -0.3 is 9.84 Å². The summed E-state index contributed by atoms with van der Waals surface area (Å²) in [5, 5.41) is 10.2. The Hall–Kier alpha value is -2.10. The van der Waals surface area contributed by atoms with Crippen molar-refractivity contribution in [2.24, 2.45) is 0 Å². The highest BCUT2D eigenvalue weighted by Crippen LogP contribution is 2.39. The van der Waals surface area contributed by atoms with Gasteiger partial charge in [-0.3, -0.25) is 4.98 Å². The van der Waals surface area contributed by atoms with E-state index in [-0.39, 0.29) is 0 Å². The molecule has 0 amide bonds. The maximum absolute atomic E-state index is 11.4. The van der Waals surface area contributed by atoms with Gasteiger partial charge in [-0.25, -0.2) is 4.79 Å². The second-order valence-electron chi connectivity index (χ2n) is 5.03. The first-order valence-corrected chi connectivity index (χ1v) is 6.40. The Labute approximate surface area is 111 Å². The number of aromatic nitrogens is 1. The highest BCUT2D eigenvalue weighted by molar-refractivity contribution is 5.86. The van der Waals surface area contributed by atoms with Crippen LogP contribution in [0.1, 0.15) is 25.0 Å². The van der Waals surface area contributed by atoms with E-state index in [4.69, 9.17) is 4.74 Å². The number of pyridine rings is 1. The first-order chi connectivity index (χ1) is 9.11. The number of carboxylic acid groups (broad SMARTS) is 1. The number of aliphatic carboxylic acids is 1.